The molecular formula is C6H13N3O2. The van der Waals surface area contributed by atoms with E-state index in [1.165, 1.54) is 0 Å². The molecule has 0 aromatic rings. The number of hydrogen-bond acceptors (Lipinski definition) is 4. The highest BCUT2D eigenvalue weighted by Crippen LogP contribution is 2.02. The van der Waals surface area contributed by atoms with Gasteiger partial charge in [0.05, 0.1) is 6.54 Å². The summed E-state index contributed by atoms with van der Waals surface area (Å²) in [7, 11) is 0. The number of carboxylic acids is 1. The number of nitrogens with one attached hydrogen (secondary N) is 1. The Hall–Kier alpha value is -0.650. The van der Waals surface area contributed by atoms with Gasteiger partial charge in [0.15, 0.2) is 0 Å². The second-order valence-electron chi connectivity index (χ2n) is 2.84. The van der Waals surface area contributed by atoms with Gasteiger partial charge in [0.2, 0.25) is 0 Å². The molecule has 0 radical (unpaired) electrons. The minimum Gasteiger partial charge on any atom is -0.480 e. The minimum absolute atomic E-state index is 0.0124. The summed E-state index contributed by atoms with van der Waals surface area (Å²) in [4.78, 5) is 12.0. The van der Waals surface area contributed by atoms with Gasteiger partial charge >= 0.3 is 5.97 Å². The third-order valence-corrected chi connectivity index (χ3v) is 1.70. The Morgan fingerprint density at radius 2 is 2.55 bits per heavy atom. The van der Waals surface area contributed by atoms with Gasteiger partial charge in [0.1, 0.15) is 6.29 Å². The fourth-order valence-electron chi connectivity index (χ4n) is 1.25. The molecule has 0 spiro atoms. The summed E-state index contributed by atoms with van der Waals surface area (Å²) < 4.78 is 0. The molecule has 2 atom stereocenters. The fourth-order valence-corrected chi connectivity index (χ4v) is 1.25. The molecule has 0 saturated carbocycles. The average Bonchev–Trinajstić information content (AvgIpc) is 2.09. The van der Waals surface area contributed by atoms with Crippen molar-refractivity contribution in [2.24, 2.45) is 5.73 Å². The van der Waals surface area contributed by atoms with Crippen LogP contribution in [0.4, 0.5) is 0 Å². The summed E-state index contributed by atoms with van der Waals surface area (Å²) in [6.45, 7) is 2.69. The zero-order valence-corrected chi connectivity index (χ0v) is 6.45. The number of hydrogen-bond donors (Lipinski definition) is 3. The van der Waals surface area contributed by atoms with E-state index in [1.807, 2.05) is 6.92 Å². The largest absolute Gasteiger partial charge is 0.480 e. The lowest BCUT2D eigenvalue weighted by Crippen LogP contribution is -2.45. The highest BCUT2D eigenvalue weighted by atomic mass is 16.4. The predicted octanol–water partition coefficient (Wildman–Crippen LogP) is -1.39. The standard InChI is InChI=1S/C6H13N3O2/c1-4-2-9(3-5(10)11)6(7)8-4/h4,6,8H,2-3,7H2,1H3,(H,10,11). The maximum Gasteiger partial charge on any atom is 0.317 e. The first-order valence-electron chi connectivity index (χ1n) is 3.57. The van der Waals surface area contributed by atoms with Crippen molar-refractivity contribution in [1.82, 2.24) is 10.2 Å². The zero-order valence-electron chi connectivity index (χ0n) is 6.45. The van der Waals surface area contributed by atoms with E-state index in [-0.39, 0.29) is 18.9 Å². The van der Waals surface area contributed by atoms with Crippen LogP contribution in [0.1, 0.15) is 6.92 Å². The van der Waals surface area contributed by atoms with Crippen LogP contribution in [0.3, 0.4) is 0 Å². The second-order valence-corrected chi connectivity index (χ2v) is 2.84. The van der Waals surface area contributed by atoms with Gasteiger partial charge in [-0.05, 0) is 6.92 Å². The molecule has 0 aromatic heterocycles. The van der Waals surface area contributed by atoms with E-state index in [2.05, 4.69) is 5.32 Å². The van der Waals surface area contributed by atoms with Crippen molar-refractivity contribution in [3.63, 3.8) is 0 Å². The van der Waals surface area contributed by atoms with E-state index >= 15 is 0 Å². The normalized spacial score (nSPS) is 32.5. The van der Waals surface area contributed by atoms with Crippen LogP contribution < -0.4 is 11.1 Å². The van der Waals surface area contributed by atoms with Crippen molar-refractivity contribution in [3.05, 3.63) is 0 Å². The van der Waals surface area contributed by atoms with Crippen LogP contribution in [0.25, 0.3) is 0 Å². The molecule has 11 heavy (non-hydrogen) atoms. The summed E-state index contributed by atoms with van der Waals surface area (Å²) in [5.41, 5.74) is 5.57. The van der Waals surface area contributed by atoms with E-state index in [4.69, 9.17) is 10.8 Å². The van der Waals surface area contributed by atoms with Gasteiger partial charge in [-0.25, -0.2) is 0 Å². The molecule has 0 amide bonds. The molecule has 1 fully saturated rings. The van der Waals surface area contributed by atoms with Crippen LogP contribution >= 0.6 is 0 Å². The van der Waals surface area contributed by atoms with Crippen LogP contribution in [0, 0.1) is 0 Å². The molecule has 0 aromatic carbocycles. The Bertz CT molecular complexity index is 162. The summed E-state index contributed by atoms with van der Waals surface area (Å²) >= 11 is 0. The Labute approximate surface area is 65.2 Å². The van der Waals surface area contributed by atoms with E-state index in [1.54, 1.807) is 4.90 Å². The molecule has 1 saturated heterocycles. The van der Waals surface area contributed by atoms with E-state index in [0.29, 0.717) is 6.54 Å². The SMILES string of the molecule is CC1CN(CC(=O)O)C(N)N1. The highest BCUT2D eigenvalue weighted by molar-refractivity contribution is 5.69. The third kappa shape index (κ3) is 2.14. The lowest BCUT2D eigenvalue weighted by Gasteiger charge is -2.16. The van der Waals surface area contributed by atoms with Gasteiger partial charge in [-0.15, -0.1) is 0 Å². The Morgan fingerprint density at radius 3 is 2.91 bits per heavy atom. The molecule has 0 bridgehead atoms. The quantitative estimate of drug-likeness (QED) is 0.462. The summed E-state index contributed by atoms with van der Waals surface area (Å²) in [6, 6.07) is 0.282. The van der Waals surface area contributed by atoms with Crippen molar-refractivity contribution in [3.8, 4) is 0 Å². The molecule has 1 heterocycles. The van der Waals surface area contributed by atoms with Crippen LogP contribution in [0.15, 0.2) is 0 Å². The molecule has 2 unspecified atom stereocenters. The van der Waals surface area contributed by atoms with Crippen molar-refractivity contribution in [2.45, 2.75) is 19.3 Å². The second kappa shape index (κ2) is 3.17. The first-order chi connectivity index (χ1) is 5.09. The van der Waals surface area contributed by atoms with Crippen molar-refractivity contribution >= 4 is 5.97 Å². The molecule has 1 rings (SSSR count). The molecule has 0 aliphatic carbocycles. The van der Waals surface area contributed by atoms with Crippen LogP contribution in [-0.4, -0.2) is 41.4 Å². The number of carboxylic acid groups (broad SMARTS) is 1. The molecule has 5 heteroatoms. The van der Waals surface area contributed by atoms with Gasteiger partial charge in [-0.1, -0.05) is 0 Å². The van der Waals surface area contributed by atoms with Crippen molar-refractivity contribution in [1.29, 1.82) is 0 Å². The topological polar surface area (TPSA) is 78.6 Å². The molecule has 4 N–H and O–H groups in total. The lowest BCUT2D eigenvalue weighted by atomic mass is 10.4. The lowest BCUT2D eigenvalue weighted by molar-refractivity contribution is -0.138. The third-order valence-electron chi connectivity index (χ3n) is 1.70. The molecule has 5 nitrogen and oxygen atoms in total. The maximum atomic E-state index is 10.3. The van der Waals surface area contributed by atoms with Gasteiger partial charge in [-0.2, -0.15) is 0 Å². The van der Waals surface area contributed by atoms with Gasteiger partial charge in [0, 0.05) is 12.6 Å². The van der Waals surface area contributed by atoms with E-state index in [0.717, 1.165) is 0 Å². The van der Waals surface area contributed by atoms with E-state index < -0.39 is 5.97 Å². The van der Waals surface area contributed by atoms with Crippen LogP contribution in [0.5, 0.6) is 0 Å². The van der Waals surface area contributed by atoms with Gasteiger partial charge in [0.25, 0.3) is 0 Å². The molecule has 64 valence electrons. The summed E-state index contributed by atoms with van der Waals surface area (Å²) in [5, 5.41) is 11.5. The fraction of sp³-hybridized carbons (Fsp3) is 0.833. The molecule has 1 aliphatic heterocycles. The smallest absolute Gasteiger partial charge is 0.317 e. The number of aliphatic carboxylic acids is 1. The van der Waals surface area contributed by atoms with Crippen molar-refractivity contribution < 1.29 is 9.90 Å². The van der Waals surface area contributed by atoms with Crippen LogP contribution in [-0.2, 0) is 4.79 Å². The summed E-state index contributed by atoms with van der Waals surface area (Å²) in [5.74, 6) is -0.837. The Balaban J connectivity index is 2.40. The Morgan fingerprint density at radius 1 is 1.91 bits per heavy atom. The average molecular weight is 159 g/mol. The first kappa shape index (κ1) is 8.45. The number of rotatable bonds is 2. The first-order valence-corrected chi connectivity index (χ1v) is 3.57. The van der Waals surface area contributed by atoms with Crippen LogP contribution in [0.2, 0.25) is 0 Å². The summed E-state index contributed by atoms with van der Waals surface area (Å²) in [6.07, 6.45) is -0.305. The molecule has 1 aliphatic rings. The number of nitrogens with zero attached hydrogens (tertiary/aromatic N) is 1. The number of carbonyl (C=O) groups is 1. The minimum atomic E-state index is -0.837. The number of nitrogens with two attached hydrogens (primary N) is 1. The van der Waals surface area contributed by atoms with Crippen molar-refractivity contribution in [2.75, 3.05) is 13.1 Å². The predicted molar refractivity (Wildman–Crippen MR) is 39.8 cm³/mol. The monoisotopic (exact) mass is 159 g/mol. The van der Waals surface area contributed by atoms with Gasteiger partial charge < -0.3 is 10.8 Å². The zero-order chi connectivity index (χ0) is 8.43. The molecular weight excluding hydrogens is 146 g/mol. The maximum absolute atomic E-state index is 10.3. The highest BCUT2D eigenvalue weighted by Gasteiger charge is 2.26. The Kier molecular flexibility index (Phi) is 2.43. The van der Waals surface area contributed by atoms with E-state index in [9.17, 15) is 4.79 Å². The van der Waals surface area contributed by atoms with Gasteiger partial charge in [-0.3, -0.25) is 15.0 Å².